The normalized spacial score (nSPS) is 17.4. The molecule has 23 heavy (non-hydrogen) atoms. The summed E-state index contributed by atoms with van der Waals surface area (Å²) in [7, 11) is 2.87. The van der Waals surface area contributed by atoms with Gasteiger partial charge in [-0.05, 0) is 33.6 Å². The Hall–Kier alpha value is -1.30. The smallest absolute Gasteiger partial charge is 0.410 e. The van der Waals surface area contributed by atoms with Crippen molar-refractivity contribution in [3.63, 3.8) is 0 Å². The molecule has 0 bridgehead atoms. The number of amides is 1. The highest BCUT2D eigenvalue weighted by Gasteiger charge is 2.31. The predicted molar refractivity (Wildman–Crippen MR) is 87.2 cm³/mol. The molecular weight excluding hydrogens is 298 g/mol. The second-order valence-electron chi connectivity index (χ2n) is 7.05. The Morgan fingerprint density at radius 3 is 2.30 bits per heavy atom. The minimum Gasteiger partial charge on any atom is -0.467 e. The fraction of sp³-hybridized carbons (Fsp3) is 0.882. The summed E-state index contributed by atoms with van der Waals surface area (Å²) >= 11 is 0. The van der Waals surface area contributed by atoms with Gasteiger partial charge < -0.3 is 14.2 Å². The molecular formula is C17H31NO5. The first-order valence-corrected chi connectivity index (χ1v) is 8.40. The quantitative estimate of drug-likeness (QED) is 0.701. The highest BCUT2D eigenvalue weighted by atomic mass is 16.6. The Morgan fingerprint density at radius 1 is 1.17 bits per heavy atom. The van der Waals surface area contributed by atoms with E-state index in [0.29, 0.717) is 13.0 Å². The number of hydrogen-bond donors (Lipinski definition) is 0. The molecule has 0 N–H and O–H groups in total. The summed E-state index contributed by atoms with van der Waals surface area (Å²) in [5.74, 6) is -0.453. The lowest BCUT2D eigenvalue weighted by molar-refractivity contribution is -0.147. The van der Waals surface area contributed by atoms with Gasteiger partial charge in [0, 0.05) is 20.1 Å². The summed E-state index contributed by atoms with van der Waals surface area (Å²) in [6, 6.07) is -0.696. The van der Waals surface area contributed by atoms with Crippen molar-refractivity contribution in [3.8, 4) is 0 Å². The van der Waals surface area contributed by atoms with E-state index in [2.05, 4.69) is 0 Å². The Bertz CT molecular complexity index is 385. The number of likely N-dealkylation sites (N-methyl/N-ethyl adjacent to an activating group) is 1. The van der Waals surface area contributed by atoms with Gasteiger partial charge in [-0.1, -0.05) is 19.3 Å². The number of nitrogens with zero attached hydrogens (tertiary/aromatic N) is 1. The van der Waals surface area contributed by atoms with Crippen LogP contribution in [-0.2, 0) is 19.0 Å². The molecule has 1 fully saturated rings. The molecule has 1 aliphatic carbocycles. The van der Waals surface area contributed by atoms with Crippen LogP contribution in [0, 0.1) is 0 Å². The van der Waals surface area contributed by atoms with E-state index in [-0.39, 0.29) is 6.10 Å². The molecule has 0 aromatic heterocycles. The van der Waals surface area contributed by atoms with Gasteiger partial charge in [0.1, 0.15) is 11.6 Å². The zero-order valence-electron chi connectivity index (χ0n) is 15.1. The highest BCUT2D eigenvalue weighted by Crippen LogP contribution is 2.21. The van der Waals surface area contributed by atoms with E-state index in [1.807, 2.05) is 0 Å². The molecule has 0 aliphatic heterocycles. The first kappa shape index (κ1) is 19.7. The number of ether oxygens (including phenoxy) is 3. The van der Waals surface area contributed by atoms with Crippen LogP contribution in [0.15, 0.2) is 0 Å². The number of hydrogen-bond acceptors (Lipinski definition) is 5. The van der Waals surface area contributed by atoms with Crippen LogP contribution >= 0.6 is 0 Å². The zero-order chi connectivity index (χ0) is 17.5. The molecule has 1 atom stereocenters. The van der Waals surface area contributed by atoms with Crippen molar-refractivity contribution >= 4 is 12.1 Å². The van der Waals surface area contributed by atoms with Crippen molar-refractivity contribution < 1.29 is 23.8 Å². The summed E-state index contributed by atoms with van der Waals surface area (Å²) in [5.41, 5.74) is -0.607. The van der Waals surface area contributed by atoms with Crippen molar-refractivity contribution in [1.82, 2.24) is 4.90 Å². The van der Waals surface area contributed by atoms with E-state index in [9.17, 15) is 9.59 Å². The van der Waals surface area contributed by atoms with Crippen molar-refractivity contribution in [2.75, 3.05) is 20.8 Å². The van der Waals surface area contributed by atoms with Gasteiger partial charge in [-0.3, -0.25) is 4.90 Å². The molecule has 1 rings (SSSR count). The van der Waals surface area contributed by atoms with Gasteiger partial charge in [-0.2, -0.15) is 0 Å². The van der Waals surface area contributed by atoms with E-state index in [0.717, 1.165) is 12.8 Å². The molecule has 0 spiro atoms. The molecule has 0 unspecified atom stereocenters. The zero-order valence-corrected chi connectivity index (χ0v) is 15.1. The average molecular weight is 329 g/mol. The van der Waals surface area contributed by atoms with Crippen molar-refractivity contribution in [3.05, 3.63) is 0 Å². The fourth-order valence-electron chi connectivity index (χ4n) is 2.64. The molecule has 0 saturated heterocycles. The van der Waals surface area contributed by atoms with Gasteiger partial charge in [0.05, 0.1) is 13.2 Å². The summed E-state index contributed by atoms with van der Waals surface area (Å²) in [4.78, 5) is 25.4. The Balaban J connectivity index is 2.53. The van der Waals surface area contributed by atoms with Crippen LogP contribution in [0.2, 0.25) is 0 Å². The monoisotopic (exact) mass is 329 g/mol. The second kappa shape index (κ2) is 9.11. The molecule has 0 heterocycles. The van der Waals surface area contributed by atoms with Crippen LogP contribution in [-0.4, -0.2) is 55.5 Å². The molecule has 1 amide bonds. The molecule has 0 aromatic rings. The summed E-state index contributed by atoms with van der Waals surface area (Å²) in [6.07, 6.45) is 5.95. The molecule has 1 saturated carbocycles. The highest BCUT2D eigenvalue weighted by molar-refractivity contribution is 5.81. The summed E-state index contributed by atoms with van der Waals surface area (Å²) in [6.45, 7) is 5.80. The fourth-order valence-corrected chi connectivity index (χ4v) is 2.64. The Kier molecular flexibility index (Phi) is 7.82. The van der Waals surface area contributed by atoms with Gasteiger partial charge in [0.2, 0.25) is 0 Å². The van der Waals surface area contributed by atoms with Crippen LogP contribution in [0.3, 0.4) is 0 Å². The largest absolute Gasteiger partial charge is 0.467 e. The SMILES string of the molecule is COC(=O)[C@@H](CCOC1CCCCC1)N(C)C(=O)OC(C)(C)C. The van der Waals surface area contributed by atoms with Gasteiger partial charge in [-0.25, -0.2) is 9.59 Å². The number of carbonyl (C=O) groups excluding carboxylic acids is 2. The van der Waals surface area contributed by atoms with E-state index < -0.39 is 23.7 Å². The lowest BCUT2D eigenvalue weighted by atomic mass is 9.98. The van der Waals surface area contributed by atoms with Crippen LogP contribution in [0.4, 0.5) is 4.79 Å². The number of esters is 1. The summed E-state index contributed by atoms with van der Waals surface area (Å²) < 4.78 is 16.0. The third-order valence-electron chi connectivity index (χ3n) is 3.92. The third kappa shape index (κ3) is 7.20. The Labute approximate surface area is 139 Å². The molecule has 134 valence electrons. The number of rotatable bonds is 6. The third-order valence-corrected chi connectivity index (χ3v) is 3.92. The van der Waals surface area contributed by atoms with Crippen molar-refractivity contribution in [2.24, 2.45) is 0 Å². The molecule has 0 radical (unpaired) electrons. The Morgan fingerprint density at radius 2 is 1.78 bits per heavy atom. The van der Waals surface area contributed by atoms with Crippen LogP contribution in [0.25, 0.3) is 0 Å². The van der Waals surface area contributed by atoms with Gasteiger partial charge >= 0.3 is 12.1 Å². The molecule has 6 heteroatoms. The summed E-state index contributed by atoms with van der Waals surface area (Å²) in [5, 5.41) is 0. The van der Waals surface area contributed by atoms with Gasteiger partial charge in [0.25, 0.3) is 0 Å². The first-order chi connectivity index (χ1) is 10.7. The maximum atomic E-state index is 12.1. The lowest BCUT2D eigenvalue weighted by Crippen LogP contribution is -2.46. The van der Waals surface area contributed by atoms with Crippen LogP contribution < -0.4 is 0 Å². The average Bonchev–Trinajstić information content (AvgIpc) is 2.49. The number of methoxy groups -OCH3 is 1. The minimum atomic E-state index is -0.696. The van der Waals surface area contributed by atoms with Crippen LogP contribution in [0.5, 0.6) is 0 Å². The lowest BCUT2D eigenvalue weighted by Gasteiger charge is -2.30. The minimum absolute atomic E-state index is 0.272. The maximum Gasteiger partial charge on any atom is 0.410 e. The van der Waals surface area contributed by atoms with E-state index in [1.165, 1.54) is 31.3 Å². The van der Waals surface area contributed by atoms with Crippen molar-refractivity contribution in [1.29, 1.82) is 0 Å². The predicted octanol–water partition coefficient (Wildman–Crippen LogP) is 3.13. The van der Waals surface area contributed by atoms with Crippen LogP contribution in [0.1, 0.15) is 59.3 Å². The number of carbonyl (C=O) groups is 2. The van der Waals surface area contributed by atoms with E-state index in [1.54, 1.807) is 27.8 Å². The van der Waals surface area contributed by atoms with E-state index >= 15 is 0 Å². The van der Waals surface area contributed by atoms with Gasteiger partial charge in [0.15, 0.2) is 0 Å². The molecule has 0 aromatic carbocycles. The topological polar surface area (TPSA) is 65.1 Å². The maximum absolute atomic E-state index is 12.1. The molecule has 1 aliphatic rings. The van der Waals surface area contributed by atoms with E-state index in [4.69, 9.17) is 14.2 Å². The first-order valence-electron chi connectivity index (χ1n) is 8.40. The second-order valence-corrected chi connectivity index (χ2v) is 7.05. The molecule has 6 nitrogen and oxygen atoms in total. The van der Waals surface area contributed by atoms with Crippen molar-refractivity contribution in [2.45, 2.75) is 77.0 Å². The standard InChI is InChI=1S/C17H31NO5/c1-17(2,3)23-16(20)18(4)14(15(19)21-5)11-12-22-13-9-7-6-8-10-13/h13-14H,6-12H2,1-5H3/t14-/m1/s1. The van der Waals surface area contributed by atoms with Gasteiger partial charge in [-0.15, -0.1) is 0 Å².